The minimum absolute atomic E-state index is 0.0999. The molecule has 4 N–H and O–H groups in total. The summed E-state index contributed by atoms with van der Waals surface area (Å²) < 4.78 is 25.3. The summed E-state index contributed by atoms with van der Waals surface area (Å²) in [7, 11) is -3.26. The maximum Gasteiger partial charge on any atom is 0.271 e. The molecule has 1 aromatic carbocycles. The van der Waals surface area contributed by atoms with Crippen LogP contribution in [0.1, 0.15) is 46.5 Å². The Morgan fingerprint density at radius 3 is 2.27 bits per heavy atom. The molecule has 2 amide bonds. The Labute approximate surface area is 184 Å². The number of H-pyrrole nitrogens is 1. The lowest BCUT2D eigenvalue weighted by atomic mass is 9.92. The van der Waals surface area contributed by atoms with E-state index in [-0.39, 0.29) is 39.1 Å². The van der Waals surface area contributed by atoms with Gasteiger partial charge in [-0.1, -0.05) is 29.3 Å². The lowest BCUT2D eigenvalue weighted by molar-refractivity contribution is 0.0921. The SMILES string of the molecule is CS(=O)(=O)NC1CCC(NC(=O)c2[nH]ncc2NC(=O)c2c(Cl)cccc2Cl)CC1. The second-order valence-corrected chi connectivity index (χ2v) is 9.72. The Morgan fingerprint density at radius 2 is 1.67 bits per heavy atom. The quantitative estimate of drug-likeness (QED) is 0.511. The van der Waals surface area contributed by atoms with Crippen molar-refractivity contribution in [3.8, 4) is 0 Å². The molecular formula is C18H21Cl2N5O4S. The van der Waals surface area contributed by atoms with Crippen LogP contribution in [0.4, 0.5) is 5.69 Å². The first-order valence-corrected chi connectivity index (χ1v) is 11.9. The van der Waals surface area contributed by atoms with Crippen molar-refractivity contribution in [2.75, 3.05) is 11.6 Å². The molecule has 162 valence electrons. The molecule has 12 heteroatoms. The number of benzene rings is 1. The van der Waals surface area contributed by atoms with Gasteiger partial charge in [0.1, 0.15) is 5.69 Å². The molecule has 0 saturated heterocycles. The molecule has 0 bridgehead atoms. The first-order valence-electron chi connectivity index (χ1n) is 9.21. The number of carbonyl (C=O) groups is 2. The fourth-order valence-electron chi connectivity index (χ4n) is 3.37. The van der Waals surface area contributed by atoms with E-state index in [0.717, 1.165) is 6.26 Å². The average molecular weight is 474 g/mol. The van der Waals surface area contributed by atoms with Gasteiger partial charge in [0.2, 0.25) is 10.0 Å². The lowest BCUT2D eigenvalue weighted by Gasteiger charge is -2.29. The van der Waals surface area contributed by atoms with Crippen molar-refractivity contribution in [2.45, 2.75) is 37.8 Å². The largest absolute Gasteiger partial charge is 0.348 e. The molecule has 0 unspecified atom stereocenters. The van der Waals surface area contributed by atoms with Gasteiger partial charge >= 0.3 is 0 Å². The number of sulfonamides is 1. The summed E-state index contributed by atoms with van der Waals surface area (Å²) in [4.78, 5) is 25.2. The Balaban J connectivity index is 1.61. The minimum atomic E-state index is -3.26. The maximum atomic E-state index is 12.7. The molecule has 1 aliphatic carbocycles. The van der Waals surface area contributed by atoms with Crippen LogP contribution in [0.15, 0.2) is 24.4 Å². The van der Waals surface area contributed by atoms with Crippen LogP contribution in [0.25, 0.3) is 0 Å². The topological polar surface area (TPSA) is 133 Å². The maximum absolute atomic E-state index is 12.7. The normalized spacial score (nSPS) is 19.3. The molecule has 9 nitrogen and oxygen atoms in total. The van der Waals surface area contributed by atoms with Gasteiger partial charge in [0.15, 0.2) is 0 Å². The fraction of sp³-hybridized carbons (Fsp3) is 0.389. The lowest BCUT2D eigenvalue weighted by Crippen LogP contribution is -2.43. The predicted molar refractivity (Wildman–Crippen MR) is 114 cm³/mol. The summed E-state index contributed by atoms with van der Waals surface area (Å²) in [6.45, 7) is 0. The monoisotopic (exact) mass is 473 g/mol. The van der Waals surface area contributed by atoms with Crippen LogP contribution in [0.3, 0.4) is 0 Å². The van der Waals surface area contributed by atoms with Gasteiger partial charge in [0.05, 0.1) is 33.7 Å². The molecule has 1 saturated carbocycles. The van der Waals surface area contributed by atoms with Gasteiger partial charge in [-0.15, -0.1) is 0 Å². The average Bonchev–Trinajstić information content (AvgIpc) is 3.10. The highest BCUT2D eigenvalue weighted by atomic mass is 35.5. The van der Waals surface area contributed by atoms with Gasteiger partial charge in [0.25, 0.3) is 11.8 Å². The zero-order valence-corrected chi connectivity index (χ0v) is 18.4. The highest BCUT2D eigenvalue weighted by molar-refractivity contribution is 7.88. The zero-order chi connectivity index (χ0) is 21.9. The van der Waals surface area contributed by atoms with Crippen molar-refractivity contribution in [2.24, 2.45) is 0 Å². The highest BCUT2D eigenvalue weighted by Gasteiger charge is 2.26. The van der Waals surface area contributed by atoms with Gasteiger partial charge in [-0.2, -0.15) is 5.10 Å². The summed E-state index contributed by atoms with van der Waals surface area (Å²) in [5.41, 5.74) is 0.397. The number of hydrogen-bond donors (Lipinski definition) is 4. The van der Waals surface area contributed by atoms with Crippen molar-refractivity contribution in [3.05, 3.63) is 45.7 Å². The molecule has 30 heavy (non-hydrogen) atoms. The molecule has 0 aliphatic heterocycles. The summed E-state index contributed by atoms with van der Waals surface area (Å²) in [6.07, 6.45) is 4.95. The van der Waals surface area contributed by atoms with Crippen LogP contribution in [-0.4, -0.2) is 48.8 Å². The van der Waals surface area contributed by atoms with E-state index in [1.165, 1.54) is 6.20 Å². The second-order valence-electron chi connectivity index (χ2n) is 7.12. The van der Waals surface area contributed by atoms with Crippen LogP contribution in [0.2, 0.25) is 10.0 Å². The number of rotatable bonds is 6. The second kappa shape index (κ2) is 9.34. The number of carbonyl (C=O) groups excluding carboxylic acids is 2. The van der Waals surface area contributed by atoms with Crippen LogP contribution >= 0.6 is 23.2 Å². The first kappa shape index (κ1) is 22.5. The van der Waals surface area contributed by atoms with Gasteiger partial charge < -0.3 is 10.6 Å². The van der Waals surface area contributed by atoms with E-state index in [1.54, 1.807) is 18.2 Å². The number of amides is 2. The van der Waals surface area contributed by atoms with E-state index >= 15 is 0 Å². The number of hydrogen-bond acceptors (Lipinski definition) is 5. The third kappa shape index (κ3) is 5.72. The predicted octanol–water partition coefficient (Wildman–Crippen LogP) is 2.56. The van der Waals surface area contributed by atoms with Crippen molar-refractivity contribution >= 4 is 50.7 Å². The van der Waals surface area contributed by atoms with Crippen molar-refractivity contribution < 1.29 is 18.0 Å². The van der Waals surface area contributed by atoms with Gasteiger partial charge in [-0.3, -0.25) is 14.7 Å². The number of anilines is 1. The van der Waals surface area contributed by atoms with E-state index in [1.807, 2.05) is 0 Å². The Hall–Kier alpha value is -2.14. The molecule has 0 atom stereocenters. The van der Waals surface area contributed by atoms with Gasteiger partial charge in [-0.25, -0.2) is 13.1 Å². The molecule has 0 spiro atoms. The molecule has 0 radical (unpaired) electrons. The van der Waals surface area contributed by atoms with Crippen LogP contribution in [0.5, 0.6) is 0 Å². The zero-order valence-electron chi connectivity index (χ0n) is 16.0. The molecule has 2 aromatic rings. The highest BCUT2D eigenvalue weighted by Crippen LogP contribution is 2.26. The summed E-state index contributed by atoms with van der Waals surface area (Å²) >= 11 is 12.1. The van der Waals surface area contributed by atoms with E-state index < -0.39 is 21.8 Å². The third-order valence-corrected chi connectivity index (χ3v) is 6.14. The van der Waals surface area contributed by atoms with Crippen LogP contribution in [0, 0.1) is 0 Å². The number of nitrogens with zero attached hydrogens (tertiary/aromatic N) is 1. The Bertz CT molecular complexity index is 1030. The van der Waals surface area contributed by atoms with Crippen LogP contribution in [-0.2, 0) is 10.0 Å². The molecular weight excluding hydrogens is 453 g/mol. The van der Waals surface area contributed by atoms with Gasteiger partial charge in [0, 0.05) is 12.1 Å². The molecule has 1 aromatic heterocycles. The molecule has 1 aliphatic rings. The summed E-state index contributed by atoms with van der Waals surface area (Å²) in [6, 6.07) is 4.47. The van der Waals surface area contributed by atoms with Gasteiger partial charge in [-0.05, 0) is 37.8 Å². The summed E-state index contributed by atoms with van der Waals surface area (Å²) in [5.74, 6) is -0.985. The van der Waals surface area contributed by atoms with Crippen molar-refractivity contribution in [1.82, 2.24) is 20.2 Å². The molecule has 1 heterocycles. The number of aromatic nitrogens is 2. The molecule has 3 rings (SSSR count). The third-order valence-electron chi connectivity index (χ3n) is 4.75. The Kier molecular flexibility index (Phi) is 7.02. The Morgan fingerprint density at radius 1 is 1.07 bits per heavy atom. The van der Waals surface area contributed by atoms with Crippen molar-refractivity contribution in [3.63, 3.8) is 0 Å². The number of aromatic amines is 1. The van der Waals surface area contributed by atoms with E-state index in [2.05, 4.69) is 25.6 Å². The van der Waals surface area contributed by atoms with Crippen LogP contribution < -0.4 is 15.4 Å². The first-order chi connectivity index (χ1) is 14.1. The van der Waals surface area contributed by atoms with Crippen molar-refractivity contribution in [1.29, 1.82) is 0 Å². The number of nitrogens with one attached hydrogen (secondary N) is 4. The van der Waals surface area contributed by atoms with E-state index in [4.69, 9.17) is 23.2 Å². The summed E-state index contributed by atoms with van der Waals surface area (Å²) in [5, 5.41) is 12.3. The smallest absolute Gasteiger partial charge is 0.271 e. The fourth-order valence-corrected chi connectivity index (χ4v) is 4.78. The van der Waals surface area contributed by atoms with E-state index in [0.29, 0.717) is 25.7 Å². The molecule has 1 fully saturated rings. The standard InChI is InChI=1S/C18H21Cl2N5O4S/c1-30(28,29)25-11-7-5-10(6-8-11)22-18(27)16-14(9-21-24-16)23-17(26)15-12(19)3-2-4-13(15)20/h2-4,9-11,25H,5-8H2,1H3,(H,21,24)(H,22,27)(H,23,26). The van der Waals surface area contributed by atoms with E-state index in [9.17, 15) is 18.0 Å². The minimum Gasteiger partial charge on any atom is -0.348 e. The number of halogens is 2.